The molecule has 0 N–H and O–H groups in total. The number of hydrogen-bond donors (Lipinski definition) is 0. The summed E-state index contributed by atoms with van der Waals surface area (Å²) in [7, 11) is 1.64. The van der Waals surface area contributed by atoms with Crippen molar-refractivity contribution in [2.75, 3.05) is 0 Å². The molecule has 0 saturated carbocycles. The molecule has 0 saturated heterocycles. The largest absolute Gasteiger partial charge is 0.488 e. The molecular weight excluding hydrogens is 368 g/mol. The van der Waals surface area contributed by atoms with Gasteiger partial charge < -0.3 is 4.74 Å². The highest BCUT2D eigenvalue weighted by Gasteiger charge is 2.22. The van der Waals surface area contributed by atoms with Crippen LogP contribution in [0.1, 0.15) is 25.1 Å². The van der Waals surface area contributed by atoms with E-state index in [1.54, 1.807) is 13.1 Å². The molecule has 0 aliphatic carbocycles. The Hall–Kier alpha value is -1.33. The molecule has 0 aliphatic heterocycles. The summed E-state index contributed by atoms with van der Waals surface area (Å²) < 4.78 is 7.97. The molecule has 0 bridgehead atoms. The van der Waals surface area contributed by atoms with Gasteiger partial charge in [-0.3, -0.25) is 4.79 Å². The molecule has 118 valence electrons. The van der Waals surface area contributed by atoms with Crippen molar-refractivity contribution in [3.8, 4) is 16.9 Å². The Kier molecular flexibility index (Phi) is 4.97. The number of hydrogen-bond acceptors (Lipinski definition) is 3. The lowest BCUT2D eigenvalue weighted by atomic mass is 10.0. The molecule has 0 spiro atoms. The van der Waals surface area contributed by atoms with Crippen LogP contribution in [0.3, 0.4) is 0 Å². The van der Waals surface area contributed by atoms with Gasteiger partial charge in [0.15, 0.2) is 5.75 Å². The molecule has 1 aromatic heterocycles. The minimum absolute atomic E-state index is 0.0577. The maximum atomic E-state index is 12.7. The van der Waals surface area contributed by atoms with E-state index in [4.69, 9.17) is 16.3 Å². The van der Waals surface area contributed by atoms with E-state index in [9.17, 15) is 4.79 Å². The van der Waals surface area contributed by atoms with Gasteiger partial charge in [-0.1, -0.05) is 27.5 Å². The van der Waals surface area contributed by atoms with Gasteiger partial charge in [-0.15, -0.1) is 0 Å². The van der Waals surface area contributed by atoms with Gasteiger partial charge in [0.25, 0.3) is 5.56 Å². The smallest absolute Gasteiger partial charge is 0.278 e. The van der Waals surface area contributed by atoms with E-state index in [1.165, 1.54) is 4.68 Å². The van der Waals surface area contributed by atoms with Crippen LogP contribution >= 0.6 is 27.5 Å². The molecule has 0 aliphatic rings. The summed E-state index contributed by atoms with van der Waals surface area (Å²) in [6.07, 6.45) is -0.0577. The standard InChI is InChI=1S/C16H18BrClN2O2/c1-8(2)22-15-10(4)19-20(5)16(21)14(15)13-9(3)6-11(18)7-12(13)17/h6-8H,1-5H3. The Morgan fingerprint density at radius 3 is 2.45 bits per heavy atom. The second kappa shape index (κ2) is 6.42. The first kappa shape index (κ1) is 17.0. The maximum Gasteiger partial charge on any atom is 0.278 e. The summed E-state index contributed by atoms with van der Waals surface area (Å²) in [5.74, 6) is 0.518. The predicted octanol–water partition coefficient (Wildman–Crippen LogP) is 4.27. The summed E-state index contributed by atoms with van der Waals surface area (Å²) in [5.41, 5.74) is 2.66. The van der Waals surface area contributed by atoms with Crippen LogP contribution in [-0.4, -0.2) is 15.9 Å². The molecule has 1 heterocycles. The third kappa shape index (κ3) is 3.20. The minimum atomic E-state index is -0.202. The molecule has 6 heteroatoms. The Morgan fingerprint density at radius 2 is 1.91 bits per heavy atom. The van der Waals surface area contributed by atoms with E-state index < -0.39 is 0 Å². The van der Waals surface area contributed by atoms with Crippen LogP contribution in [-0.2, 0) is 7.05 Å². The van der Waals surface area contributed by atoms with Crippen LogP contribution in [0.15, 0.2) is 21.4 Å². The highest BCUT2D eigenvalue weighted by molar-refractivity contribution is 9.10. The molecule has 2 aromatic rings. The van der Waals surface area contributed by atoms with Crippen LogP contribution in [0.5, 0.6) is 5.75 Å². The summed E-state index contributed by atoms with van der Waals surface area (Å²) >= 11 is 9.59. The topological polar surface area (TPSA) is 44.1 Å². The highest BCUT2D eigenvalue weighted by atomic mass is 79.9. The van der Waals surface area contributed by atoms with Crippen molar-refractivity contribution in [1.29, 1.82) is 0 Å². The molecule has 0 fully saturated rings. The van der Waals surface area contributed by atoms with Gasteiger partial charge in [0.05, 0.1) is 11.7 Å². The first-order chi connectivity index (χ1) is 10.2. The third-order valence-electron chi connectivity index (χ3n) is 3.22. The number of aromatic nitrogens is 2. The monoisotopic (exact) mass is 384 g/mol. The minimum Gasteiger partial charge on any atom is -0.488 e. The van der Waals surface area contributed by atoms with Gasteiger partial charge in [0, 0.05) is 22.1 Å². The van der Waals surface area contributed by atoms with Crippen molar-refractivity contribution in [3.05, 3.63) is 43.2 Å². The van der Waals surface area contributed by atoms with Gasteiger partial charge in [0.1, 0.15) is 5.69 Å². The highest BCUT2D eigenvalue weighted by Crippen LogP contribution is 2.38. The van der Waals surface area contributed by atoms with Crippen molar-refractivity contribution in [3.63, 3.8) is 0 Å². The van der Waals surface area contributed by atoms with Crippen molar-refractivity contribution in [1.82, 2.24) is 9.78 Å². The van der Waals surface area contributed by atoms with Crippen LogP contribution in [0.2, 0.25) is 5.02 Å². The number of rotatable bonds is 3. The van der Waals surface area contributed by atoms with Crippen LogP contribution < -0.4 is 10.3 Å². The van der Waals surface area contributed by atoms with E-state index >= 15 is 0 Å². The van der Waals surface area contributed by atoms with Gasteiger partial charge >= 0.3 is 0 Å². The van der Waals surface area contributed by atoms with Gasteiger partial charge in [-0.2, -0.15) is 5.10 Å². The Bertz CT molecular complexity index is 761. The summed E-state index contributed by atoms with van der Waals surface area (Å²) in [6.45, 7) is 7.59. The maximum absolute atomic E-state index is 12.7. The Morgan fingerprint density at radius 1 is 1.27 bits per heavy atom. The summed E-state index contributed by atoms with van der Waals surface area (Å²) in [6, 6.07) is 3.61. The molecule has 0 unspecified atom stereocenters. The lowest BCUT2D eigenvalue weighted by Crippen LogP contribution is -2.25. The molecule has 0 atom stereocenters. The fourth-order valence-corrected chi connectivity index (χ4v) is 3.54. The van der Waals surface area contributed by atoms with E-state index in [0.29, 0.717) is 22.0 Å². The molecule has 1 aromatic carbocycles. The number of halogens is 2. The van der Waals surface area contributed by atoms with Gasteiger partial charge in [-0.05, 0) is 45.4 Å². The fraction of sp³-hybridized carbons (Fsp3) is 0.375. The Balaban J connectivity index is 2.88. The predicted molar refractivity (Wildman–Crippen MR) is 92.9 cm³/mol. The van der Waals surface area contributed by atoms with Crippen molar-refractivity contribution >= 4 is 27.5 Å². The average molecular weight is 386 g/mol. The Labute approximate surface area is 143 Å². The van der Waals surface area contributed by atoms with Crippen molar-refractivity contribution in [2.24, 2.45) is 7.05 Å². The molecule has 4 nitrogen and oxygen atoms in total. The number of nitrogens with zero attached hydrogens (tertiary/aromatic N) is 2. The van der Waals surface area contributed by atoms with Crippen molar-refractivity contribution in [2.45, 2.75) is 33.8 Å². The van der Waals surface area contributed by atoms with Crippen LogP contribution in [0, 0.1) is 13.8 Å². The normalized spacial score (nSPS) is 11.1. The van der Waals surface area contributed by atoms with Crippen LogP contribution in [0.25, 0.3) is 11.1 Å². The lowest BCUT2D eigenvalue weighted by molar-refractivity contribution is 0.239. The van der Waals surface area contributed by atoms with E-state index in [-0.39, 0.29) is 11.7 Å². The molecular formula is C16H18BrClN2O2. The number of aryl methyl sites for hydroxylation is 3. The van der Waals surface area contributed by atoms with Gasteiger partial charge in [-0.25, -0.2) is 4.68 Å². The average Bonchev–Trinajstić information content (AvgIpc) is 2.37. The van der Waals surface area contributed by atoms with E-state index in [0.717, 1.165) is 15.6 Å². The lowest BCUT2D eigenvalue weighted by Gasteiger charge is -2.18. The quantitative estimate of drug-likeness (QED) is 0.792. The molecule has 0 radical (unpaired) electrons. The first-order valence-corrected chi connectivity index (χ1v) is 8.10. The number of ether oxygens (including phenoxy) is 1. The second-order valence-corrected chi connectivity index (χ2v) is 6.76. The summed E-state index contributed by atoms with van der Waals surface area (Å²) in [4.78, 5) is 12.7. The van der Waals surface area contributed by atoms with Crippen molar-refractivity contribution < 1.29 is 4.74 Å². The third-order valence-corrected chi connectivity index (χ3v) is 4.06. The SMILES string of the molecule is Cc1cc(Cl)cc(Br)c1-c1c(OC(C)C)c(C)nn(C)c1=O. The molecule has 2 rings (SSSR count). The zero-order valence-corrected chi connectivity index (χ0v) is 15.5. The zero-order chi connectivity index (χ0) is 16.6. The molecule has 0 amide bonds. The summed E-state index contributed by atoms with van der Waals surface area (Å²) in [5, 5.41) is 4.84. The van der Waals surface area contributed by atoms with Gasteiger partial charge in [0.2, 0.25) is 0 Å². The van der Waals surface area contributed by atoms with E-state index in [1.807, 2.05) is 33.8 Å². The molecule has 22 heavy (non-hydrogen) atoms. The second-order valence-electron chi connectivity index (χ2n) is 5.46. The first-order valence-electron chi connectivity index (χ1n) is 6.93. The van der Waals surface area contributed by atoms with E-state index in [2.05, 4.69) is 21.0 Å². The fourth-order valence-electron chi connectivity index (χ4n) is 2.37. The number of benzene rings is 1. The zero-order valence-electron chi connectivity index (χ0n) is 13.2. The van der Waals surface area contributed by atoms with Crippen LogP contribution in [0.4, 0.5) is 0 Å².